The lowest BCUT2D eigenvalue weighted by Crippen LogP contribution is -2.40. The number of pyridine rings is 1. The first-order valence-corrected chi connectivity index (χ1v) is 8.01. The molecule has 1 aliphatic rings. The topological polar surface area (TPSA) is 104 Å². The SMILES string of the molecule is CN1C(=O)NCC1C(=O)Nc1cc(Oc2ccc(C(F)(F)F)cn2)ccc1O. The molecular weight excluding hydrogens is 381 g/mol. The largest absolute Gasteiger partial charge is 0.506 e. The van der Waals surface area contributed by atoms with Gasteiger partial charge in [-0.15, -0.1) is 0 Å². The Morgan fingerprint density at radius 3 is 2.68 bits per heavy atom. The zero-order valence-electron chi connectivity index (χ0n) is 14.4. The fraction of sp³-hybridized carbons (Fsp3) is 0.235. The first kappa shape index (κ1) is 19.3. The smallest absolute Gasteiger partial charge is 0.417 e. The Morgan fingerprint density at radius 2 is 2.11 bits per heavy atom. The molecule has 3 amide bonds. The molecule has 148 valence electrons. The molecular formula is C17H15F3N4O4. The Bertz CT molecular complexity index is 902. The van der Waals surface area contributed by atoms with Crippen molar-refractivity contribution in [2.45, 2.75) is 12.2 Å². The van der Waals surface area contributed by atoms with Crippen LogP contribution in [0.25, 0.3) is 0 Å². The van der Waals surface area contributed by atoms with Gasteiger partial charge in [0.1, 0.15) is 17.5 Å². The number of hydrogen-bond acceptors (Lipinski definition) is 5. The molecule has 0 radical (unpaired) electrons. The van der Waals surface area contributed by atoms with Crippen molar-refractivity contribution in [3.05, 3.63) is 42.1 Å². The number of alkyl halides is 3. The molecule has 1 aromatic carbocycles. The zero-order chi connectivity index (χ0) is 20.5. The second kappa shape index (κ2) is 7.25. The number of urea groups is 1. The van der Waals surface area contributed by atoms with Gasteiger partial charge >= 0.3 is 12.2 Å². The van der Waals surface area contributed by atoms with E-state index in [2.05, 4.69) is 15.6 Å². The predicted octanol–water partition coefficient (Wildman–Crippen LogP) is 2.56. The molecule has 11 heteroatoms. The van der Waals surface area contributed by atoms with Crippen molar-refractivity contribution in [2.24, 2.45) is 0 Å². The Morgan fingerprint density at radius 1 is 1.36 bits per heavy atom. The van der Waals surface area contributed by atoms with Gasteiger partial charge in [-0.25, -0.2) is 9.78 Å². The molecule has 1 atom stereocenters. The number of likely N-dealkylation sites (N-methyl/N-ethyl adjacent to an activating group) is 1. The molecule has 1 saturated heterocycles. The summed E-state index contributed by atoms with van der Waals surface area (Å²) in [5, 5.41) is 14.9. The van der Waals surface area contributed by atoms with Crippen LogP contribution in [0.2, 0.25) is 0 Å². The van der Waals surface area contributed by atoms with E-state index in [1.165, 1.54) is 30.1 Å². The Labute approximate surface area is 156 Å². The van der Waals surface area contributed by atoms with Gasteiger partial charge in [-0.1, -0.05) is 0 Å². The number of phenolic OH excluding ortho intramolecular Hbond substituents is 1. The van der Waals surface area contributed by atoms with E-state index in [1.54, 1.807) is 0 Å². The number of ether oxygens (including phenoxy) is 1. The number of hydrogen-bond donors (Lipinski definition) is 3. The van der Waals surface area contributed by atoms with Gasteiger partial charge in [0, 0.05) is 31.9 Å². The van der Waals surface area contributed by atoms with Crippen LogP contribution in [0.5, 0.6) is 17.4 Å². The zero-order valence-corrected chi connectivity index (χ0v) is 14.4. The van der Waals surface area contributed by atoms with Crippen molar-refractivity contribution < 1.29 is 32.6 Å². The van der Waals surface area contributed by atoms with Crippen molar-refractivity contribution in [3.63, 3.8) is 0 Å². The second-order valence-corrected chi connectivity index (χ2v) is 5.97. The molecule has 3 N–H and O–H groups in total. The van der Waals surface area contributed by atoms with Gasteiger partial charge < -0.3 is 25.4 Å². The van der Waals surface area contributed by atoms with Crippen LogP contribution in [0.1, 0.15) is 5.56 Å². The summed E-state index contributed by atoms with van der Waals surface area (Å²) in [6.45, 7) is 0.119. The number of benzene rings is 1. The average molecular weight is 396 g/mol. The van der Waals surface area contributed by atoms with E-state index in [-0.39, 0.29) is 29.6 Å². The predicted molar refractivity (Wildman–Crippen MR) is 91.0 cm³/mol. The number of amides is 3. The molecule has 0 spiro atoms. The highest BCUT2D eigenvalue weighted by Gasteiger charge is 2.33. The van der Waals surface area contributed by atoms with E-state index in [1.807, 2.05) is 0 Å². The highest BCUT2D eigenvalue weighted by atomic mass is 19.4. The number of phenols is 1. The van der Waals surface area contributed by atoms with Crippen molar-refractivity contribution >= 4 is 17.6 Å². The normalized spacial score (nSPS) is 16.6. The third kappa shape index (κ3) is 4.08. The monoisotopic (exact) mass is 396 g/mol. The van der Waals surface area contributed by atoms with Crippen LogP contribution in [0.3, 0.4) is 0 Å². The van der Waals surface area contributed by atoms with E-state index in [0.29, 0.717) is 6.20 Å². The molecule has 1 aromatic heterocycles. The van der Waals surface area contributed by atoms with Crippen LogP contribution in [0, 0.1) is 0 Å². The lowest BCUT2D eigenvalue weighted by molar-refractivity contribution is -0.137. The number of carbonyl (C=O) groups excluding carboxylic acids is 2. The van der Waals surface area contributed by atoms with Crippen LogP contribution in [-0.2, 0) is 11.0 Å². The minimum absolute atomic E-state index is 0.0159. The van der Waals surface area contributed by atoms with Gasteiger partial charge in [0.05, 0.1) is 11.3 Å². The van der Waals surface area contributed by atoms with Gasteiger partial charge in [-0.05, 0) is 18.2 Å². The molecule has 2 heterocycles. The summed E-state index contributed by atoms with van der Waals surface area (Å²) in [6.07, 6.45) is -3.87. The maximum atomic E-state index is 12.6. The summed E-state index contributed by atoms with van der Waals surface area (Å²) >= 11 is 0. The molecule has 8 nitrogen and oxygen atoms in total. The van der Waals surface area contributed by atoms with E-state index < -0.39 is 29.7 Å². The minimum atomic E-state index is -4.51. The fourth-order valence-corrected chi connectivity index (χ4v) is 2.48. The van der Waals surface area contributed by atoms with E-state index >= 15 is 0 Å². The summed E-state index contributed by atoms with van der Waals surface area (Å²) in [6, 6.07) is 4.62. The van der Waals surface area contributed by atoms with Crippen LogP contribution >= 0.6 is 0 Å². The molecule has 2 aromatic rings. The number of rotatable bonds is 4. The number of aromatic hydroxyl groups is 1. The first-order chi connectivity index (χ1) is 13.1. The molecule has 1 unspecified atom stereocenters. The number of anilines is 1. The van der Waals surface area contributed by atoms with Crippen molar-refractivity contribution in [3.8, 4) is 17.4 Å². The quantitative estimate of drug-likeness (QED) is 0.689. The Kier molecular flexibility index (Phi) is 4.99. The third-order valence-electron chi connectivity index (χ3n) is 4.05. The highest BCUT2D eigenvalue weighted by Crippen LogP contribution is 2.32. The molecule has 1 fully saturated rings. The lowest BCUT2D eigenvalue weighted by Gasteiger charge is -2.18. The summed E-state index contributed by atoms with van der Waals surface area (Å²) in [5.74, 6) is -0.738. The number of nitrogens with zero attached hydrogens (tertiary/aromatic N) is 2. The van der Waals surface area contributed by atoms with Crippen LogP contribution in [0.15, 0.2) is 36.5 Å². The first-order valence-electron chi connectivity index (χ1n) is 8.01. The van der Waals surface area contributed by atoms with Gasteiger partial charge in [-0.2, -0.15) is 13.2 Å². The fourth-order valence-electron chi connectivity index (χ4n) is 2.48. The Balaban J connectivity index is 1.73. The summed E-state index contributed by atoms with van der Waals surface area (Å²) in [5.41, 5.74) is -0.899. The van der Waals surface area contributed by atoms with Crippen molar-refractivity contribution in [1.29, 1.82) is 0 Å². The molecule has 0 saturated carbocycles. The van der Waals surface area contributed by atoms with Crippen LogP contribution < -0.4 is 15.4 Å². The van der Waals surface area contributed by atoms with E-state index in [0.717, 1.165) is 12.1 Å². The van der Waals surface area contributed by atoms with E-state index in [4.69, 9.17) is 4.74 Å². The summed E-state index contributed by atoms with van der Waals surface area (Å²) in [7, 11) is 1.46. The maximum absolute atomic E-state index is 12.6. The number of nitrogens with one attached hydrogen (secondary N) is 2. The van der Waals surface area contributed by atoms with Gasteiger partial charge in [0.15, 0.2) is 0 Å². The summed E-state index contributed by atoms with van der Waals surface area (Å²) in [4.78, 5) is 28.6. The second-order valence-electron chi connectivity index (χ2n) is 5.97. The molecule has 0 aliphatic carbocycles. The third-order valence-corrected chi connectivity index (χ3v) is 4.05. The average Bonchev–Trinajstić information content (AvgIpc) is 2.97. The highest BCUT2D eigenvalue weighted by molar-refractivity contribution is 5.99. The van der Waals surface area contributed by atoms with Crippen LogP contribution in [0.4, 0.5) is 23.7 Å². The van der Waals surface area contributed by atoms with Gasteiger partial charge in [0.25, 0.3) is 0 Å². The van der Waals surface area contributed by atoms with Gasteiger partial charge in [0.2, 0.25) is 11.8 Å². The molecule has 3 rings (SSSR count). The maximum Gasteiger partial charge on any atom is 0.417 e. The summed E-state index contributed by atoms with van der Waals surface area (Å²) < 4.78 is 43.1. The van der Waals surface area contributed by atoms with Gasteiger partial charge in [-0.3, -0.25) is 4.79 Å². The van der Waals surface area contributed by atoms with Crippen molar-refractivity contribution in [2.75, 3.05) is 18.9 Å². The molecule has 1 aliphatic heterocycles. The number of carbonyl (C=O) groups is 2. The van der Waals surface area contributed by atoms with Crippen molar-refractivity contribution in [1.82, 2.24) is 15.2 Å². The Hall–Kier alpha value is -3.50. The number of halogens is 3. The minimum Gasteiger partial charge on any atom is -0.506 e. The molecule has 28 heavy (non-hydrogen) atoms. The number of aromatic nitrogens is 1. The lowest BCUT2D eigenvalue weighted by atomic mass is 10.2. The standard InChI is InChI=1S/C17H15F3N4O4/c1-24-12(8-22-16(24)27)15(26)23-11-6-10(3-4-13(11)25)28-14-5-2-9(7-21-14)17(18,19)20/h2-7,12,25H,8H2,1H3,(H,22,27)(H,23,26). The van der Waals surface area contributed by atoms with Crippen LogP contribution in [-0.4, -0.2) is 46.6 Å². The molecule has 0 bridgehead atoms. The van der Waals surface area contributed by atoms with E-state index in [9.17, 15) is 27.9 Å².